The van der Waals surface area contributed by atoms with Gasteiger partial charge in [-0.2, -0.15) is 0 Å². The second kappa shape index (κ2) is 9.33. The van der Waals surface area contributed by atoms with E-state index in [1.54, 1.807) is 17.0 Å². The van der Waals surface area contributed by atoms with E-state index in [1.807, 2.05) is 12.1 Å². The molecule has 5 heteroatoms. The third-order valence-corrected chi connectivity index (χ3v) is 4.80. The monoisotopic (exact) mass is 366 g/mol. The van der Waals surface area contributed by atoms with Gasteiger partial charge in [0.05, 0.1) is 24.5 Å². The summed E-state index contributed by atoms with van der Waals surface area (Å²) in [5.74, 6) is -0.152. The third kappa shape index (κ3) is 5.17. The van der Waals surface area contributed by atoms with Gasteiger partial charge in [0.1, 0.15) is 0 Å². The summed E-state index contributed by atoms with van der Waals surface area (Å²) >= 11 is 0. The van der Waals surface area contributed by atoms with Gasteiger partial charge in [0.25, 0.3) is 5.91 Å². The quantitative estimate of drug-likeness (QED) is 0.853. The van der Waals surface area contributed by atoms with Crippen LogP contribution in [0.1, 0.15) is 34.8 Å². The summed E-state index contributed by atoms with van der Waals surface area (Å²) in [6.07, 6.45) is 2.07. The van der Waals surface area contributed by atoms with Crippen LogP contribution < -0.4 is 5.32 Å². The van der Waals surface area contributed by atoms with Crippen molar-refractivity contribution in [2.45, 2.75) is 26.2 Å². The van der Waals surface area contributed by atoms with Crippen LogP contribution in [0.25, 0.3) is 0 Å². The predicted molar refractivity (Wildman–Crippen MR) is 106 cm³/mol. The molecule has 2 aromatic carbocycles. The Labute approximate surface area is 160 Å². The molecule has 0 radical (unpaired) electrons. The molecule has 27 heavy (non-hydrogen) atoms. The summed E-state index contributed by atoms with van der Waals surface area (Å²) < 4.78 is 5.31. The van der Waals surface area contributed by atoms with E-state index in [4.69, 9.17) is 4.74 Å². The number of aryl methyl sites for hydroxylation is 2. The third-order valence-electron chi connectivity index (χ3n) is 4.80. The first kappa shape index (κ1) is 19.1. The van der Waals surface area contributed by atoms with E-state index >= 15 is 0 Å². The molecule has 3 rings (SSSR count). The highest BCUT2D eigenvalue weighted by Gasteiger charge is 2.21. The minimum Gasteiger partial charge on any atom is -0.378 e. The Balaban J connectivity index is 1.61. The average Bonchev–Trinajstić information content (AvgIpc) is 2.73. The largest absolute Gasteiger partial charge is 0.378 e. The van der Waals surface area contributed by atoms with Crippen molar-refractivity contribution in [3.05, 3.63) is 65.2 Å². The van der Waals surface area contributed by atoms with Crippen molar-refractivity contribution >= 4 is 17.5 Å². The maximum absolute atomic E-state index is 12.8. The van der Waals surface area contributed by atoms with E-state index in [9.17, 15) is 9.59 Å². The lowest BCUT2D eigenvalue weighted by atomic mass is 10.1. The van der Waals surface area contributed by atoms with Crippen molar-refractivity contribution in [3.63, 3.8) is 0 Å². The highest BCUT2D eigenvalue weighted by atomic mass is 16.5. The van der Waals surface area contributed by atoms with E-state index in [0.29, 0.717) is 50.4 Å². The lowest BCUT2D eigenvalue weighted by Gasteiger charge is -2.27. The fourth-order valence-electron chi connectivity index (χ4n) is 3.13. The summed E-state index contributed by atoms with van der Waals surface area (Å²) in [7, 11) is 0. The molecule has 0 aliphatic carbocycles. The molecule has 0 spiro atoms. The number of hydrogen-bond acceptors (Lipinski definition) is 3. The van der Waals surface area contributed by atoms with Crippen LogP contribution >= 0.6 is 0 Å². The first-order chi connectivity index (χ1) is 13.2. The maximum Gasteiger partial charge on any atom is 0.256 e. The summed E-state index contributed by atoms with van der Waals surface area (Å²) in [4.78, 5) is 26.9. The van der Waals surface area contributed by atoms with E-state index < -0.39 is 0 Å². The van der Waals surface area contributed by atoms with Gasteiger partial charge in [-0.05, 0) is 36.1 Å². The minimum atomic E-state index is -0.0863. The maximum atomic E-state index is 12.8. The number of ether oxygens (including phenoxy) is 1. The predicted octanol–water partition coefficient (Wildman–Crippen LogP) is 3.29. The number of morpholine rings is 1. The normalized spacial score (nSPS) is 14.0. The summed E-state index contributed by atoms with van der Waals surface area (Å²) in [5.41, 5.74) is 3.53. The summed E-state index contributed by atoms with van der Waals surface area (Å²) in [6, 6.07) is 15.5. The molecule has 5 nitrogen and oxygen atoms in total. The smallest absolute Gasteiger partial charge is 0.256 e. The highest BCUT2D eigenvalue weighted by Crippen LogP contribution is 2.19. The Kier molecular flexibility index (Phi) is 6.60. The van der Waals surface area contributed by atoms with Gasteiger partial charge in [-0.25, -0.2) is 0 Å². The lowest BCUT2D eigenvalue weighted by molar-refractivity contribution is -0.116. The number of nitrogens with one attached hydrogen (secondary N) is 1. The van der Waals surface area contributed by atoms with Crippen LogP contribution in [0.3, 0.4) is 0 Å². The van der Waals surface area contributed by atoms with Crippen molar-refractivity contribution in [1.82, 2.24) is 4.90 Å². The molecule has 1 aliphatic rings. The van der Waals surface area contributed by atoms with Gasteiger partial charge in [-0.15, -0.1) is 0 Å². The van der Waals surface area contributed by atoms with Crippen molar-refractivity contribution in [1.29, 1.82) is 0 Å². The number of rotatable bonds is 6. The standard InChI is InChI=1S/C22H26N2O3/c1-2-17-7-9-18(10-8-17)11-12-21(25)23-20-6-4-3-5-19(20)22(26)24-13-15-27-16-14-24/h3-10H,2,11-16H2,1H3,(H,23,25). The molecule has 1 heterocycles. The van der Waals surface area contributed by atoms with Crippen LogP contribution in [0.15, 0.2) is 48.5 Å². The average molecular weight is 366 g/mol. The molecule has 2 aromatic rings. The molecule has 0 saturated carbocycles. The van der Waals surface area contributed by atoms with Crippen molar-refractivity contribution in [2.75, 3.05) is 31.6 Å². The zero-order chi connectivity index (χ0) is 19.1. The number of amides is 2. The Morgan fingerprint density at radius 3 is 2.37 bits per heavy atom. The van der Waals surface area contributed by atoms with E-state index in [2.05, 4.69) is 36.5 Å². The molecule has 0 aromatic heterocycles. The van der Waals surface area contributed by atoms with Gasteiger partial charge in [0.2, 0.25) is 5.91 Å². The van der Waals surface area contributed by atoms with Crippen molar-refractivity contribution in [2.24, 2.45) is 0 Å². The second-order valence-electron chi connectivity index (χ2n) is 6.67. The first-order valence-electron chi connectivity index (χ1n) is 9.51. The lowest BCUT2D eigenvalue weighted by Crippen LogP contribution is -2.41. The zero-order valence-electron chi connectivity index (χ0n) is 15.7. The second-order valence-corrected chi connectivity index (χ2v) is 6.67. The fraction of sp³-hybridized carbons (Fsp3) is 0.364. The van der Waals surface area contributed by atoms with Gasteiger partial charge in [0, 0.05) is 19.5 Å². The number of carbonyl (C=O) groups excluding carboxylic acids is 2. The molecular formula is C22H26N2O3. The van der Waals surface area contributed by atoms with E-state index in [-0.39, 0.29) is 11.8 Å². The Morgan fingerprint density at radius 2 is 1.67 bits per heavy atom. The summed E-state index contributed by atoms with van der Waals surface area (Å²) in [5, 5.41) is 2.91. The molecule has 0 unspecified atom stereocenters. The van der Waals surface area contributed by atoms with Crippen LogP contribution in [0.5, 0.6) is 0 Å². The van der Waals surface area contributed by atoms with Crippen molar-refractivity contribution in [3.8, 4) is 0 Å². The topological polar surface area (TPSA) is 58.6 Å². The molecular weight excluding hydrogens is 340 g/mol. The van der Waals surface area contributed by atoms with Crippen LogP contribution in [-0.2, 0) is 22.4 Å². The Morgan fingerprint density at radius 1 is 1.00 bits per heavy atom. The zero-order valence-corrected chi connectivity index (χ0v) is 15.7. The highest BCUT2D eigenvalue weighted by molar-refractivity contribution is 6.03. The van der Waals surface area contributed by atoms with Gasteiger partial charge in [0.15, 0.2) is 0 Å². The van der Waals surface area contributed by atoms with Crippen molar-refractivity contribution < 1.29 is 14.3 Å². The number of nitrogens with zero attached hydrogens (tertiary/aromatic N) is 1. The first-order valence-corrected chi connectivity index (χ1v) is 9.51. The number of para-hydroxylation sites is 1. The molecule has 1 fully saturated rings. The van der Waals surface area contributed by atoms with Gasteiger partial charge in [-0.3, -0.25) is 9.59 Å². The molecule has 1 N–H and O–H groups in total. The van der Waals surface area contributed by atoms with Crippen LogP contribution in [0.2, 0.25) is 0 Å². The summed E-state index contributed by atoms with van der Waals surface area (Å²) in [6.45, 7) is 4.38. The van der Waals surface area contributed by atoms with Gasteiger partial charge >= 0.3 is 0 Å². The fourth-order valence-corrected chi connectivity index (χ4v) is 3.13. The number of hydrogen-bond donors (Lipinski definition) is 1. The SMILES string of the molecule is CCc1ccc(CCC(=O)Nc2ccccc2C(=O)N2CCOCC2)cc1. The molecule has 2 amide bonds. The Bertz CT molecular complexity index is 780. The molecule has 0 atom stereocenters. The van der Waals surface area contributed by atoms with Crippen LogP contribution in [-0.4, -0.2) is 43.0 Å². The van der Waals surface area contributed by atoms with Gasteiger partial charge < -0.3 is 15.0 Å². The molecule has 0 bridgehead atoms. The Hall–Kier alpha value is -2.66. The molecule has 142 valence electrons. The van der Waals surface area contributed by atoms with Crippen LogP contribution in [0, 0.1) is 0 Å². The number of carbonyl (C=O) groups is 2. The molecule has 1 saturated heterocycles. The number of benzene rings is 2. The van der Waals surface area contributed by atoms with Gasteiger partial charge in [-0.1, -0.05) is 43.3 Å². The minimum absolute atomic E-state index is 0.0654. The molecule has 1 aliphatic heterocycles. The van der Waals surface area contributed by atoms with E-state index in [1.165, 1.54) is 5.56 Å². The number of anilines is 1. The van der Waals surface area contributed by atoms with E-state index in [0.717, 1.165) is 12.0 Å². The van der Waals surface area contributed by atoms with Crippen LogP contribution in [0.4, 0.5) is 5.69 Å².